The number of rotatable bonds is 7. The van der Waals surface area contributed by atoms with E-state index in [9.17, 15) is 5.11 Å². The van der Waals surface area contributed by atoms with Crippen LogP contribution >= 0.6 is 0 Å². The van der Waals surface area contributed by atoms with E-state index in [4.69, 9.17) is 0 Å². The number of hydrogen-bond donors (Lipinski definition) is 1. The zero-order valence-corrected chi connectivity index (χ0v) is 12.9. The Bertz CT molecular complexity index is 542. The number of hydrogen-bond acceptors (Lipinski definition) is 3. The van der Waals surface area contributed by atoms with Crippen LogP contribution in [0.25, 0.3) is 0 Å². The smallest absolute Gasteiger partial charge is 0.0664 e. The fourth-order valence-corrected chi connectivity index (χ4v) is 2.40. The van der Waals surface area contributed by atoms with Gasteiger partial charge in [0.2, 0.25) is 0 Å². The lowest BCUT2D eigenvalue weighted by molar-refractivity contribution is 0.101. The van der Waals surface area contributed by atoms with Crippen LogP contribution in [-0.2, 0) is 13.1 Å². The molecule has 112 valence electrons. The fourth-order valence-electron chi connectivity index (χ4n) is 2.40. The van der Waals surface area contributed by atoms with Crippen LogP contribution in [0.2, 0.25) is 0 Å². The minimum Gasteiger partial charge on any atom is -0.392 e. The SMILES string of the molecule is CC[C@@H](O)CN(Cc1cccc(C)c1)Cc1ccccn1. The van der Waals surface area contributed by atoms with Crippen LogP contribution < -0.4 is 0 Å². The second-order valence-corrected chi connectivity index (χ2v) is 5.54. The topological polar surface area (TPSA) is 36.4 Å². The van der Waals surface area contributed by atoms with Crippen molar-refractivity contribution >= 4 is 0 Å². The molecule has 1 aromatic heterocycles. The molecule has 0 fully saturated rings. The number of nitrogens with zero attached hydrogens (tertiary/aromatic N) is 2. The molecule has 0 radical (unpaired) electrons. The van der Waals surface area contributed by atoms with Crippen LogP contribution in [0.1, 0.15) is 30.2 Å². The number of aromatic nitrogens is 1. The molecule has 0 saturated heterocycles. The monoisotopic (exact) mass is 284 g/mol. The lowest BCUT2D eigenvalue weighted by atomic mass is 10.1. The van der Waals surface area contributed by atoms with Crippen LogP contribution in [0, 0.1) is 6.92 Å². The molecule has 0 bridgehead atoms. The summed E-state index contributed by atoms with van der Waals surface area (Å²) in [5.74, 6) is 0. The number of benzene rings is 1. The van der Waals surface area contributed by atoms with E-state index in [1.807, 2.05) is 31.3 Å². The largest absolute Gasteiger partial charge is 0.392 e. The maximum atomic E-state index is 9.98. The third-order valence-electron chi connectivity index (χ3n) is 3.54. The molecule has 0 saturated carbocycles. The first-order valence-corrected chi connectivity index (χ1v) is 7.53. The van der Waals surface area contributed by atoms with E-state index in [0.717, 1.165) is 25.2 Å². The van der Waals surface area contributed by atoms with Crippen molar-refractivity contribution in [2.24, 2.45) is 0 Å². The van der Waals surface area contributed by atoms with Crippen LogP contribution in [0.3, 0.4) is 0 Å². The summed E-state index contributed by atoms with van der Waals surface area (Å²) in [5, 5.41) is 9.98. The van der Waals surface area contributed by atoms with Crippen LogP contribution in [0.4, 0.5) is 0 Å². The molecule has 1 atom stereocenters. The normalized spacial score (nSPS) is 12.6. The first-order valence-electron chi connectivity index (χ1n) is 7.53. The van der Waals surface area contributed by atoms with Crippen molar-refractivity contribution in [3.63, 3.8) is 0 Å². The molecule has 21 heavy (non-hydrogen) atoms. The third-order valence-corrected chi connectivity index (χ3v) is 3.54. The maximum absolute atomic E-state index is 9.98. The second kappa shape index (κ2) is 7.91. The lowest BCUT2D eigenvalue weighted by Crippen LogP contribution is -2.31. The maximum Gasteiger partial charge on any atom is 0.0664 e. The lowest BCUT2D eigenvalue weighted by Gasteiger charge is -2.24. The summed E-state index contributed by atoms with van der Waals surface area (Å²) in [7, 11) is 0. The summed E-state index contributed by atoms with van der Waals surface area (Å²) < 4.78 is 0. The summed E-state index contributed by atoms with van der Waals surface area (Å²) in [6, 6.07) is 14.5. The Morgan fingerprint density at radius 3 is 2.67 bits per heavy atom. The van der Waals surface area contributed by atoms with E-state index in [0.29, 0.717) is 6.54 Å². The van der Waals surface area contributed by atoms with Crippen molar-refractivity contribution in [3.8, 4) is 0 Å². The Labute approximate surface area is 127 Å². The minimum absolute atomic E-state index is 0.293. The van der Waals surface area contributed by atoms with E-state index in [-0.39, 0.29) is 6.10 Å². The highest BCUT2D eigenvalue weighted by Crippen LogP contribution is 2.11. The van der Waals surface area contributed by atoms with E-state index in [1.54, 1.807) is 0 Å². The Morgan fingerprint density at radius 2 is 2.00 bits per heavy atom. The molecule has 0 spiro atoms. The molecule has 2 rings (SSSR count). The van der Waals surface area contributed by atoms with E-state index in [1.165, 1.54) is 11.1 Å². The molecule has 1 heterocycles. The molecule has 3 nitrogen and oxygen atoms in total. The molecular weight excluding hydrogens is 260 g/mol. The van der Waals surface area contributed by atoms with Crippen molar-refractivity contribution < 1.29 is 5.11 Å². The van der Waals surface area contributed by atoms with Crippen molar-refractivity contribution in [3.05, 3.63) is 65.5 Å². The predicted molar refractivity (Wildman–Crippen MR) is 85.8 cm³/mol. The van der Waals surface area contributed by atoms with Gasteiger partial charge in [-0.25, -0.2) is 0 Å². The summed E-state index contributed by atoms with van der Waals surface area (Å²) in [4.78, 5) is 6.64. The van der Waals surface area contributed by atoms with Crippen LogP contribution in [-0.4, -0.2) is 27.6 Å². The van der Waals surface area contributed by atoms with Gasteiger partial charge in [-0.15, -0.1) is 0 Å². The second-order valence-electron chi connectivity index (χ2n) is 5.54. The molecule has 0 aliphatic rings. The number of aryl methyl sites for hydroxylation is 1. The van der Waals surface area contributed by atoms with E-state index < -0.39 is 0 Å². The number of aliphatic hydroxyl groups excluding tert-OH is 1. The highest BCUT2D eigenvalue weighted by molar-refractivity contribution is 5.22. The third kappa shape index (κ3) is 5.29. The number of aliphatic hydroxyl groups is 1. The predicted octanol–water partition coefficient (Wildman–Crippen LogP) is 3.16. The molecule has 2 aromatic rings. The Kier molecular flexibility index (Phi) is 5.90. The van der Waals surface area contributed by atoms with Gasteiger partial charge >= 0.3 is 0 Å². The molecule has 1 aromatic carbocycles. The van der Waals surface area contributed by atoms with Gasteiger partial charge in [0, 0.05) is 25.8 Å². The average Bonchev–Trinajstić information content (AvgIpc) is 2.48. The summed E-state index contributed by atoms with van der Waals surface area (Å²) in [5.41, 5.74) is 3.57. The van der Waals surface area contributed by atoms with Gasteiger partial charge in [-0.05, 0) is 31.0 Å². The van der Waals surface area contributed by atoms with Crippen LogP contribution in [0.5, 0.6) is 0 Å². The summed E-state index contributed by atoms with van der Waals surface area (Å²) in [6.45, 7) is 6.37. The molecule has 0 unspecified atom stereocenters. The highest BCUT2D eigenvalue weighted by Gasteiger charge is 2.12. The number of pyridine rings is 1. The standard InChI is InChI=1S/C18H24N2O/c1-3-18(21)14-20(13-17-9-4-5-10-19-17)12-16-8-6-7-15(2)11-16/h4-11,18,21H,3,12-14H2,1-2H3/t18-/m1/s1. The van der Waals surface area contributed by atoms with Gasteiger partial charge in [-0.1, -0.05) is 42.8 Å². The van der Waals surface area contributed by atoms with Gasteiger partial charge in [-0.2, -0.15) is 0 Å². The molecule has 3 heteroatoms. The van der Waals surface area contributed by atoms with Crippen LogP contribution in [0.15, 0.2) is 48.7 Å². The fraction of sp³-hybridized carbons (Fsp3) is 0.389. The first kappa shape index (κ1) is 15.7. The molecule has 0 amide bonds. The van der Waals surface area contributed by atoms with Crippen molar-refractivity contribution in [1.82, 2.24) is 9.88 Å². The Hall–Kier alpha value is -1.71. The quantitative estimate of drug-likeness (QED) is 0.848. The molecule has 0 aliphatic heterocycles. The zero-order valence-electron chi connectivity index (χ0n) is 12.9. The Balaban J connectivity index is 2.08. The zero-order chi connectivity index (χ0) is 15.1. The van der Waals surface area contributed by atoms with Gasteiger partial charge in [-0.3, -0.25) is 9.88 Å². The Morgan fingerprint density at radius 1 is 1.14 bits per heavy atom. The van der Waals surface area contributed by atoms with Crippen molar-refractivity contribution in [1.29, 1.82) is 0 Å². The van der Waals surface area contributed by atoms with Crippen molar-refractivity contribution in [2.75, 3.05) is 6.54 Å². The van der Waals surface area contributed by atoms with Gasteiger partial charge in [0.05, 0.1) is 11.8 Å². The first-order chi connectivity index (χ1) is 10.2. The van der Waals surface area contributed by atoms with E-state index >= 15 is 0 Å². The average molecular weight is 284 g/mol. The molecule has 1 N–H and O–H groups in total. The van der Waals surface area contributed by atoms with Gasteiger partial charge in [0.25, 0.3) is 0 Å². The van der Waals surface area contributed by atoms with Crippen molar-refractivity contribution in [2.45, 2.75) is 39.5 Å². The molecule has 0 aliphatic carbocycles. The van der Waals surface area contributed by atoms with E-state index in [2.05, 4.69) is 41.1 Å². The highest BCUT2D eigenvalue weighted by atomic mass is 16.3. The molecular formula is C18H24N2O. The minimum atomic E-state index is -0.293. The summed E-state index contributed by atoms with van der Waals surface area (Å²) in [6.07, 6.45) is 2.29. The van der Waals surface area contributed by atoms with Gasteiger partial charge in [0.1, 0.15) is 0 Å². The van der Waals surface area contributed by atoms with Gasteiger partial charge < -0.3 is 5.11 Å². The van der Waals surface area contributed by atoms with Gasteiger partial charge in [0.15, 0.2) is 0 Å². The summed E-state index contributed by atoms with van der Waals surface area (Å²) >= 11 is 0.